The van der Waals surface area contributed by atoms with Gasteiger partial charge >= 0.3 is 11.9 Å². The van der Waals surface area contributed by atoms with Crippen molar-refractivity contribution in [2.24, 2.45) is 11.8 Å². The van der Waals surface area contributed by atoms with Crippen LogP contribution in [0.1, 0.15) is 33.6 Å². The standard InChI is InChI=1S/C19H24O6/c1-10(2)18(22)25-17-13(9-20)7-5-6-11(3)8-14-15(16(17)21)12(4)19(23)24-14/h7-10,14-17,21H,4-6H2,1-3H3/b11-8+,13-7-/t14-,15+,16+,17?/m1/s1. The molecule has 25 heavy (non-hydrogen) atoms. The van der Waals surface area contributed by atoms with Gasteiger partial charge < -0.3 is 14.6 Å². The highest BCUT2D eigenvalue weighted by atomic mass is 16.6. The number of hydrogen-bond acceptors (Lipinski definition) is 6. The van der Waals surface area contributed by atoms with E-state index in [1.165, 1.54) is 0 Å². The van der Waals surface area contributed by atoms with Gasteiger partial charge in [-0.05, 0) is 25.8 Å². The van der Waals surface area contributed by atoms with Crippen LogP contribution in [0.4, 0.5) is 0 Å². The fourth-order valence-electron chi connectivity index (χ4n) is 2.99. The summed E-state index contributed by atoms with van der Waals surface area (Å²) < 4.78 is 10.7. The summed E-state index contributed by atoms with van der Waals surface area (Å²) in [7, 11) is 0. The van der Waals surface area contributed by atoms with Crippen LogP contribution in [0, 0.1) is 11.8 Å². The van der Waals surface area contributed by atoms with E-state index in [0.717, 1.165) is 5.57 Å². The van der Waals surface area contributed by atoms with E-state index in [-0.39, 0.29) is 11.1 Å². The normalized spacial score (nSPS) is 34.3. The van der Waals surface area contributed by atoms with Crippen LogP contribution in [0.25, 0.3) is 0 Å². The highest BCUT2D eigenvalue weighted by Crippen LogP contribution is 2.35. The third-order valence-corrected chi connectivity index (χ3v) is 4.49. The van der Waals surface area contributed by atoms with Crippen molar-refractivity contribution in [1.82, 2.24) is 0 Å². The molecule has 0 aromatic rings. The van der Waals surface area contributed by atoms with Crippen molar-refractivity contribution < 1.29 is 29.0 Å². The molecule has 0 saturated carbocycles. The quantitative estimate of drug-likeness (QED) is 0.362. The molecular formula is C19H24O6. The van der Waals surface area contributed by atoms with Crippen LogP contribution in [0.15, 0.2) is 35.5 Å². The van der Waals surface area contributed by atoms with Gasteiger partial charge in [0.15, 0.2) is 6.10 Å². The highest BCUT2D eigenvalue weighted by Gasteiger charge is 2.46. The summed E-state index contributed by atoms with van der Waals surface area (Å²) in [6, 6.07) is 0. The Balaban J connectivity index is 2.46. The van der Waals surface area contributed by atoms with Crippen LogP contribution >= 0.6 is 0 Å². The lowest BCUT2D eigenvalue weighted by Crippen LogP contribution is -2.42. The summed E-state index contributed by atoms with van der Waals surface area (Å²) in [4.78, 5) is 35.5. The summed E-state index contributed by atoms with van der Waals surface area (Å²) in [6.45, 7) is 8.93. The fourth-order valence-corrected chi connectivity index (χ4v) is 2.99. The number of ether oxygens (including phenoxy) is 2. The van der Waals surface area contributed by atoms with Gasteiger partial charge in [-0.25, -0.2) is 4.79 Å². The van der Waals surface area contributed by atoms with Crippen molar-refractivity contribution in [3.05, 3.63) is 35.5 Å². The van der Waals surface area contributed by atoms with E-state index >= 15 is 0 Å². The Morgan fingerprint density at radius 2 is 2.16 bits per heavy atom. The number of esters is 2. The molecule has 0 aromatic carbocycles. The molecule has 1 fully saturated rings. The smallest absolute Gasteiger partial charge is 0.334 e. The van der Waals surface area contributed by atoms with E-state index in [4.69, 9.17) is 9.47 Å². The molecule has 2 aliphatic rings. The van der Waals surface area contributed by atoms with E-state index in [9.17, 15) is 19.5 Å². The first kappa shape index (κ1) is 19.1. The summed E-state index contributed by atoms with van der Waals surface area (Å²) >= 11 is 0. The van der Waals surface area contributed by atoms with Crippen molar-refractivity contribution in [1.29, 1.82) is 0 Å². The van der Waals surface area contributed by atoms with Gasteiger partial charge in [0, 0.05) is 11.1 Å². The van der Waals surface area contributed by atoms with Gasteiger partial charge in [0.1, 0.15) is 18.5 Å². The minimum Gasteiger partial charge on any atom is -0.454 e. The van der Waals surface area contributed by atoms with Crippen LogP contribution in [-0.4, -0.2) is 41.6 Å². The Kier molecular flexibility index (Phi) is 5.95. The number of carbonyl (C=O) groups is 3. The molecule has 1 heterocycles. The van der Waals surface area contributed by atoms with Gasteiger partial charge in [-0.1, -0.05) is 32.1 Å². The lowest BCUT2D eigenvalue weighted by molar-refractivity contribution is -0.158. The van der Waals surface area contributed by atoms with Gasteiger partial charge in [-0.15, -0.1) is 0 Å². The van der Waals surface area contributed by atoms with Gasteiger partial charge in [0.25, 0.3) is 0 Å². The number of aliphatic hydroxyl groups excluding tert-OH is 1. The fraction of sp³-hybridized carbons (Fsp3) is 0.526. The molecule has 4 atom stereocenters. The Bertz CT molecular complexity index is 642. The molecule has 1 unspecified atom stereocenters. The number of aldehydes is 1. The first-order valence-electron chi connectivity index (χ1n) is 8.37. The molecule has 136 valence electrons. The number of rotatable bonds is 3. The molecule has 1 aliphatic heterocycles. The van der Waals surface area contributed by atoms with Crippen molar-refractivity contribution in [3.8, 4) is 0 Å². The first-order chi connectivity index (χ1) is 11.8. The Morgan fingerprint density at radius 3 is 2.76 bits per heavy atom. The van der Waals surface area contributed by atoms with Gasteiger partial charge in [-0.3, -0.25) is 9.59 Å². The Morgan fingerprint density at radius 1 is 1.48 bits per heavy atom. The first-order valence-corrected chi connectivity index (χ1v) is 8.37. The van der Waals surface area contributed by atoms with Crippen molar-refractivity contribution in [3.63, 3.8) is 0 Å². The molecule has 2 rings (SSSR count). The predicted molar refractivity (Wildman–Crippen MR) is 90.4 cm³/mol. The molecular weight excluding hydrogens is 324 g/mol. The van der Waals surface area contributed by atoms with E-state index in [1.54, 1.807) is 26.0 Å². The van der Waals surface area contributed by atoms with Crippen molar-refractivity contribution >= 4 is 18.2 Å². The maximum absolute atomic E-state index is 12.1. The summed E-state index contributed by atoms with van der Waals surface area (Å²) in [5, 5.41) is 10.9. The van der Waals surface area contributed by atoms with Crippen molar-refractivity contribution in [2.45, 2.75) is 51.9 Å². The Hall–Kier alpha value is -2.21. The zero-order chi connectivity index (χ0) is 18.7. The van der Waals surface area contributed by atoms with Gasteiger partial charge in [-0.2, -0.15) is 0 Å². The molecule has 1 N–H and O–H groups in total. The average Bonchev–Trinajstić information content (AvgIpc) is 2.82. The second kappa shape index (κ2) is 7.78. The topological polar surface area (TPSA) is 89.9 Å². The third-order valence-electron chi connectivity index (χ3n) is 4.49. The second-order valence-corrected chi connectivity index (χ2v) is 6.80. The molecule has 0 amide bonds. The predicted octanol–water partition coefficient (Wildman–Crippen LogP) is 1.88. The number of allylic oxidation sites excluding steroid dienone is 2. The summed E-state index contributed by atoms with van der Waals surface area (Å²) in [5.41, 5.74) is 1.27. The van der Waals surface area contributed by atoms with Crippen LogP contribution in [0.3, 0.4) is 0 Å². The molecule has 6 nitrogen and oxygen atoms in total. The number of carbonyl (C=O) groups excluding carboxylic acids is 3. The van der Waals surface area contributed by atoms with Gasteiger partial charge in [0.05, 0.1) is 11.8 Å². The lowest BCUT2D eigenvalue weighted by Gasteiger charge is -2.30. The molecule has 0 spiro atoms. The van der Waals surface area contributed by atoms with Crippen molar-refractivity contribution in [2.75, 3.05) is 0 Å². The minimum absolute atomic E-state index is 0.109. The number of hydrogen-bond donors (Lipinski definition) is 1. The van der Waals surface area contributed by atoms with E-state index in [2.05, 4.69) is 6.58 Å². The Labute approximate surface area is 147 Å². The maximum Gasteiger partial charge on any atom is 0.334 e. The van der Waals surface area contributed by atoms with Crippen LogP contribution < -0.4 is 0 Å². The zero-order valence-electron chi connectivity index (χ0n) is 14.7. The van der Waals surface area contributed by atoms with E-state index in [1.807, 2.05) is 6.92 Å². The molecule has 0 aromatic heterocycles. The van der Waals surface area contributed by atoms with Crippen LogP contribution in [0.5, 0.6) is 0 Å². The molecule has 0 bridgehead atoms. The monoisotopic (exact) mass is 348 g/mol. The second-order valence-electron chi connectivity index (χ2n) is 6.80. The average molecular weight is 348 g/mol. The molecule has 6 heteroatoms. The summed E-state index contributed by atoms with van der Waals surface area (Å²) in [5.74, 6) is -2.33. The zero-order valence-corrected chi connectivity index (χ0v) is 14.7. The SMILES string of the molecule is C=C1C(=O)O[C@@H]2/C=C(\C)CC/C=C(/C=O)C(OC(=O)C(C)C)[C@@H](O)[C@@H]12. The molecule has 1 aliphatic carbocycles. The minimum atomic E-state index is -1.31. The van der Waals surface area contributed by atoms with E-state index < -0.39 is 42.1 Å². The largest absolute Gasteiger partial charge is 0.454 e. The maximum atomic E-state index is 12.1. The highest BCUT2D eigenvalue weighted by molar-refractivity contribution is 5.91. The van der Waals surface area contributed by atoms with Gasteiger partial charge in [0.2, 0.25) is 0 Å². The van der Waals surface area contributed by atoms with Crippen LogP contribution in [-0.2, 0) is 23.9 Å². The number of fused-ring (bicyclic) bond motifs is 1. The van der Waals surface area contributed by atoms with E-state index in [0.29, 0.717) is 19.1 Å². The van der Waals surface area contributed by atoms with Crippen LogP contribution in [0.2, 0.25) is 0 Å². The lowest BCUT2D eigenvalue weighted by atomic mass is 9.84. The molecule has 1 saturated heterocycles. The summed E-state index contributed by atoms with van der Waals surface area (Å²) in [6.07, 6.45) is 2.05. The molecule has 0 radical (unpaired) electrons. The number of aliphatic hydroxyl groups is 1. The third kappa shape index (κ3) is 4.07.